The van der Waals surface area contributed by atoms with Crippen molar-refractivity contribution >= 4 is 44.8 Å². The number of aromatic amines is 1. The van der Waals surface area contributed by atoms with Gasteiger partial charge in [-0.1, -0.05) is 24.3 Å². The number of alkyl halides is 6. The molecule has 2 heterocycles. The predicted octanol–water partition coefficient (Wildman–Crippen LogP) is 6.42. The van der Waals surface area contributed by atoms with Crippen molar-refractivity contribution < 1.29 is 39.6 Å². The highest BCUT2D eigenvalue weighted by Gasteiger charge is 2.39. The maximum absolute atomic E-state index is 14.2. The minimum atomic E-state index is -5.12. The lowest BCUT2D eigenvalue weighted by atomic mass is 9.88. The number of piperazine rings is 1. The Morgan fingerprint density at radius 3 is 2.13 bits per heavy atom. The molecular weight excluding hydrogens is 646 g/mol. The summed E-state index contributed by atoms with van der Waals surface area (Å²) < 4.78 is 109. The molecule has 1 unspecified atom stereocenters. The molecule has 1 aliphatic rings. The number of anilines is 1. The Balaban J connectivity index is 0.00000461. The molecule has 1 aromatic heterocycles. The van der Waals surface area contributed by atoms with Crippen LogP contribution in [0, 0.1) is 0 Å². The highest BCUT2D eigenvalue weighted by Crippen LogP contribution is 2.39. The van der Waals surface area contributed by atoms with Crippen molar-refractivity contribution in [3.05, 3.63) is 100 Å². The average Bonchev–Trinajstić information content (AvgIpc) is 3.35. The zero-order chi connectivity index (χ0) is 31.9. The molecule has 4 aromatic rings. The summed E-state index contributed by atoms with van der Waals surface area (Å²) in [7, 11) is -3.70. The van der Waals surface area contributed by atoms with E-state index in [1.807, 2.05) is 24.3 Å². The third-order valence-electron chi connectivity index (χ3n) is 7.43. The number of ketones is 1. The van der Waals surface area contributed by atoms with Crippen LogP contribution in [-0.2, 0) is 28.8 Å². The van der Waals surface area contributed by atoms with E-state index >= 15 is 0 Å². The maximum Gasteiger partial charge on any atom is 0.416 e. The fourth-order valence-corrected chi connectivity index (χ4v) is 6.04. The molecule has 45 heavy (non-hydrogen) atoms. The fraction of sp³-hybridized carbons (Fsp3) is 0.300. The summed E-state index contributed by atoms with van der Waals surface area (Å²) in [6.07, 6.45) is -7.33. The number of sulfonamides is 1. The number of nitrogens with one attached hydrogen (secondary N) is 3. The zero-order valence-electron chi connectivity index (χ0n) is 23.7. The maximum atomic E-state index is 14.2. The quantitative estimate of drug-likeness (QED) is 0.148. The second-order valence-corrected chi connectivity index (χ2v) is 12.4. The van der Waals surface area contributed by atoms with Gasteiger partial charge in [0, 0.05) is 54.5 Å². The molecule has 0 aliphatic carbocycles. The van der Waals surface area contributed by atoms with Gasteiger partial charge in [-0.05, 0) is 59.5 Å². The number of fused-ring (bicyclic) bond motifs is 1. The molecule has 0 saturated carbocycles. The van der Waals surface area contributed by atoms with Crippen molar-refractivity contribution in [1.29, 1.82) is 0 Å². The van der Waals surface area contributed by atoms with Crippen LogP contribution >= 0.6 is 12.4 Å². The van der Waals surface area contributed by atoms with E-state index in [0.717, 1.165) is 22.7 Å². The van der Waals surface area contributed by atoms with Gasteiger partial charge in [0.1, 0.15) is 0 Å². The van der Waals surface area contributed by atoms with Crippen molar-refractivity contribution in [2.24, 2.45) is 0 Å². The highest BCUT2D eigenvalue weighted by atomic mass is 35.5. The van der Waals surface area contributed by atoms with Crippen LogP contribution < -0.4 is 10.0 Å². The third kappa shape index (κ3) is 7.98. The van der Waals surface area contributed by atoms with Crippen LogP contribution in [0.1, 0.15) is 44.2 Å². The number of hydrogen-bond acceptors (Lipinski definition) is 5. The molecule has 1 aliphatic heterocycles. The number of halogens is 7. The molecule has 0 spiro atoms. The Kier molecular flexibility index (Phi) is 9.93. The van der Waals surface area contributed by atoms with Gasteiger partial charge < -0.3 is 10.3 Å². The summed E-state index contributed by atoms with van der Waals surface area (Å²) >= 11 is 0. The van der Waals surface area contributed by atoms with E-state index < -0.39 is 50.9 Å². The van der Waals surface area contributed by atoms with E-state index in [1.54, 1.807) is 11.1 Å². The van der Waals surface area contributed by atoms with E-state index in [-0.39, 0.29) is 43.7 Å². The van der Waals surface area contributed by atoms with Crippen LogP contribution in [0.2, 0.25) is 0 Å². The molecule has 3 N–H and O–H groups in total. The Morgan fingerprint density at radius 1 is 0.911 bits per heavy atom. The van der Waals surface area contributed by atoms with E-state index in [2.05, 4.69) is 15.0 Å². The molecule has 7 nitrogen and oxygen atoms in total. The topological polar surface area (TPSA) is 94.3 Å². The first kappa shape index (κ1) is 34.3. The van der Waals surface area contributed by atoms with Crippen LogP contribution in [0.3, 0.4) is 0 Å². The number of Topliss-reactive ketones (excluding diaryl/α,β-unsaturated/α-hetero) is 1. The predicted molar refractivity (Wildman–Crippen MR) is 161 cm³/mol. The molecule has 0 bridgehead atoms. The zero-order valence-corrected chi connectivity index (χ0v) is 25.4. The number of benzene rings is 3. The molecule has 15 heteroatoms. The van der Waals surface area contributed by atoms with E-state index in [1.165, 1.54) is 18.2 Å². The molecule has 3 aromatic carbocycles. The summed E-state index contributed by atoms with van der Waals surface area (Å²) in [4.78, 5) is 19.0. The minimum Gasteiger partial charge on any atom is -0.361 e. The first-order chi connectivity index (χ1) is 20.6. The van der Waals surface area contributed by atoms with Crippen LogP contribution in [-0.4, -0.2) is 56.5 Å². The second kappa shape index (κ2) is 13.0. The van der Waals surface area contributed by atoms with Gasteiger partial charge in [0.25, 0.3) is 0 Å². The summed E-state index contributed by atoms with van der Waals surface area (Å²) in [5.74, 6) is -0.938. The Morgan fingerprint density at radius 2 is 1.53 bits per heavy atom. The van der Waals surface area contributed by atoms with Crippen molar-refractivity contribution in [1.82, 2.24) is 15.2 Å². The van der Waals surface area contributed by atoms with Crippen LogP contribution in [0.5, 0.6) is 0 Å². The van der Waals surface area contributed by atoms with Gasteiger partial charge in [-0.3, -0.25) is 14.4 Å². The van der Waals surface area contributed by atoms with Gasteiger partial charge >= 0.3 is 12.4 Å². The number of H-pyrrole nitrogens is 1. The van der Waals surface area contributed by atoms with Crippen LogP contribution in [0.4, 0.5) is 32.0 Å². The van der Waals surface area contributed by atoms with E-state index in [4.69, 9.17) is 0 Å². The highest BCUT2D eigenvalue weighted by molar-refractivity contribution is 7.92. The molecule has 0 radical (unpaired) electrons. The summed E-state index contributed by atoms with van der Waals surface area (Å²) in [6.45, 7) is 1.45. The molecule has 1 atom stereocenters. The summed E-state index contributed by atoms with van der Waals surface area (Å²) in [5.41, 5.74) is -1.27. The number of hydrogen-bond donors (Lipinski definition) is 3. The van der Waals surface area contributed by atoms with Gasteiger partial charge in [-0.15, -0.1) is 12.4 Å². The van der Waals surface area contributed by atoms with Crippen molar-refractivity contribution in [2.75, 3.05) is 37.2 Å². The summed E-state index contributed by atoms with van der Waals surface area (Å²) in [6, 6.07) is 11.5. The standard InChI is InChI=1S/C30H28F6N4O3S.ClH/c1-44(42,43)39-23-6-7-25(18(15-23)12-20-17-38-26-5-3-2-4-24(20)26)27(40-10-8-37-9-11-40)28(41)19-13-21(29(31,32)33)16-22(14-19)30(34,35)36;/h2-7,13-17,27,37-39H,8-12H2,1H3;1H. The third-order valence-corrected chi connectivity index (χ3v) is 8.04. The molecule has 1 fully saturated rings. The lowest BCUT2D eigenvalue weighted by Gasteiger charge is -2.35. The Labute approximate surface area is 261 Å². The van der Waals surface area contributed by atoms with Gasteiger partial charge in [-0.2, -0.15) is 26.3 Å². The van der Waals surface area contributed by atoms with Gasteiger partial charge in [0.15, 0.2) is 5.78 Å². The number of rotatable bonds is 8. The smallest absolute Gasteiger partial charge is 0.361 e. The first-order valence-corrected chi connectivity index (χ1v) is 15.4. The number of carbonyl (C=O) groups is 1. The normalized spacial score (nSPS) is 15.4. The summed E-state index contributed by atoms with van der Waals surface area (Å²) in [5, 5.41) is 3.99. The van der Waals surface area contributed by atoms with E-state index in [9.17, 15) is 39.6 Å². The van der Waals surface area contributed by atoms with Gasteiger partial charge in [0.05, 0.1) is 23.4 Å². The second-order valence-electron chi connectivity index (χ2n) is 10.7. The largest absolute Gasteiger partial charge is 0.416 e. The van der Waals surface area contributed by atoms with E-state index in [0.29, 0.717) is 36.3 Å². The lowest BCUT2D eigenvalue weighted by molar-refractivity contribution is -0.143. The SMILES string of the molecule is CS(=O)(=O)Nc1ccc(C(C(=O)c2cc(C(F)(F)F)cc(C(F)(F)F)c2)N2CCNCC2)c(Cc2c[nH]c3ccccc23)c1.Cl. The minimum absolute atomic E-state index is 0. The Bertz CT molecular complexity index is 1770. The average molecular weight is 675 g/mol. The molecule has 5 rings (SSSR count). The van der Waals surface area contributed by atoms with Gasteiger partial charge in [-0.25, -0.2) is 8.42 Å². The number of aromatic nitrogens is 1. The number of nitrogens with zero attached hydrogens (tertiary/aromatic N) is 1. The first-order valence-electron chi connectivity index (χ1n) is 13.5. The lowest BCUT2D eigenvalue weighted by Crippen LogP contribution is -2.47. The molecular formula is C30H29ClF6N4O3S. The van der Waals surface area contributed by atoms with Crippen LogP contribution in [0.25, 0.3) is 10.9 Å². The van der Waals surface area contributed by atoms with Crippen molar-refractivity contribution in [3.8, 4) is 0 Å². The molecule has 1 saturated heterocycles. The van der Waals surface area contributed by atoms with Crippen LogP contribution in [0.15, 0.2) is 66.9 Å². The van der Waals surface area contributed by atoms with Gasteiger partial charge in [0.2, 0.25) is 10.0 Å². The Hall–Kier alpha value is -3.59. The fourth-order valence-electron chi connectivity index (χ4n) is 5.49. The molecule has 242 valence electrons. The molecule has 0 amide bonds. The number of carbonyl (C=O) groups excluding carboxylic acids is 1. The van der Waals surface area contributed by atoms with Crippen molar-refractivity contribution in [3.63, 3.8) is 0 Å². The monoisotopic (exact) mass is 674 g/mol. The van der Waals surface area contributed by atoms with Crippen molar-refractivity contribution in [2.45, 2.75) is 24.8 Å². The number of para-hydroxylation sites is 1.